The Kier molecular flexibility index (Phi) is 13.2. The number of rotatable bonds is 15. The molecule has 0 spiro atoms. The van der Waals surface area contributed by atoms with Gasteiger partial charge in [0, 0.05) is 18.5 Å². The third kappa shape index (κ3) is 10.2. The van der Waals surface area contributed by atoms with Gasteiger partial charge in [-0.05, 0) is 80.1 Å². The van der Waals surface area contributed by atoms with Crippen molar-refractivity contribution in [2.75, 3.05) is 32.0 Å². The highest BCUT2D eigenvalue weighted by Crippen LogP contribution is 2.36. The molecule has 0 unspecified atom stereocenters. The normalized spacial score (nSPS) is 19.2. The number of aliphatic hydroxyl groups is 1. The van der Waals surface area contributed by atoms with E-state index in [0.29, 0.717) is 32.7 Å². The topological polar surface area (TPSA) is 71.0 Å². The summed E-state index contributed by atoms with van der Waals surface area (Å²) in [5.74, 6) is 3.68. The molecule has 2 aromatic rings. The van der Waals surface area contributed by atoms with Crippen LogP contribution in [-0.2, 0) is 27.3 Å². The van der Waals surface area contributed by atoms with E-state index in [2.05, 4.69) is 93.2 Å². The molecule has 0 bridgehead atoms. The fourth-order valence-corrected chi connectivity index (χ4v) is 6.03. The molecule has 0 radical (unpaired) electrons. The highest BCUT2D eigenvalue weighted by molar-refractivity contribution is 7.99. The zero-order valence-electron chi connectivity index (χ0n) is 25.4. The van der Waals surface area contributed by atoms with E-state index in [4.69, 9.17) is 15.9 Å². The summed E-state index contributed by atoms with van der Waals surface area (Å²) in [6.07, 6.45) is 7.51. The first kappa shape index (κ1) is 33.2. The Hall–Kier alpha value is -2.34. The van der Waals surface area contributed by atoms with Crippen LogP contribution in [0.25, 0.3) is 0 Å². The zero-order valence-corrected chi connectivity index (χ0v) is 26.3. The lowest BCUT2D eigenvalue weighted by Crippen LogP contribution is -2.51. The lowest BCUT2D eigenvalue weighted by atomic mass is 9.93. The third-order valence-corrected chi connectivity index (χ3v) is 8.85. The van der Waals surface area contributed by atoms with Crippen molar-refractivity contribution in [3.8, 4) is 12.3 Å². The number of amides is 1. The number of aliphatic hydroxyl groups excluding tert-OH is 1. The summed E-state index contributed by atoms with van der Waals surface area (Å²) in [6.45, 7) is 13.3. The number of terminal acetylenes is 1. The first-order chi connectivity index (χ1) is 19.7. The fourth-order valence-electron chi connectivity index (χ4n) is 5.16. The predicted octanol–water partition coefficient (Wildman–Crippen LogP) is 5.63. The molecular formula is C34H48N2O4S. The minimum Gasteiger partial charge on any atom is -0.390 e. The summed E-state index contributed by atoms with van der Waals surface area (Å²) in [5.41, 5.74) is 5.74. The van der Waals surface area contributed by atoms with Crippen LogP contribution < -0.4 is 5.32 Å². The molecule has 2 N–H and O–H groups in total. The van der Waals surface area contributed by atoms with Gasteiger partial charge in [0.2, 0.25) is 5.91 Å². The van der Waals surface area contributed by atoms with Crippen molar-refractivity contribution in [2.45, 2.75) is 90.1 Å². The van der Waals surface area contributed by atoms with Gasteiger partial charge in [-0.15, -0.1) is 18.2 Å². The van der Waals surface area contributed by atoms with E-state index in [9.17, 15) is 9.90 Å². The molecule has 224 valence electrons. The molecule has 1 heterocycles. The second-order valence-electron chi connectivity index (χ2n) is 11.4. The molecule has 3 rings (SSSR count). The summed E-state index contributed by atoms with van der Waals surface area (Å²) < 4.78 is 12.1. The number of hydrogen-bond acceptors (Lipinski definition) is 6. The lowest BCUT2D eigenvalue weighted by Gasteiger charge is -2.36. The number of nitrogens with zero attached hydrogens (tertiary/aromatic N) is 1. The van der Waals surface area contributed by atoms with Crippen LogP contribution in [-0.4, -0.2) is 65.0 Å². The van der Waals surface area contributed by atoms with E-state index in [1.54, 1.807) is 0 Å². The molecular weight excluding hydrogens is 532 g/mol. The minimum absolute atomic E-state index is 0.0198. The van der Waals surface area contributed by atoms with Gasteiger partial charge >= 0.3 is 0 Å². The number of carbonyl (C=O) groups is 1. The van der Waals surface area contributed by atoms with Crippen LogP contribution in [0.4, 0.5) is 0 Å². The zero-order chi connectivity index (χ0) is 29.8. The smallest absolute Gasteiger partial charge is 0.222 e. The highest BCUT2D eigenvalue weighted by Gasteiger charge is 2.31. The summed E-state index contributed by atoms with van der Waals surface area (Å²) in [7, 11) is 0. The molecule has 7 heteroatoms. The number of benzene rings is 2. The first-order valence-electron chi connectivity index (χ1n) is 14.8. The molecule has 3 atom stereocenters. The minimum atomic E-state index is -0.471. The standard InChI is InChI=1S/C34H48N2O4S/c1-7-19-36(8-2)34(5,6)24-35-31(38)18-20-39-23-27-13-11-26(12-14-27)21-29-22-28(15-10-25(29)4)33-30(37)16-17-32(40-33)41-9-3/h1,10-15,22,30,32-33,37H,8-9,16-21,23-24H2,2-6H3,(H,35,38)/t30-,32-,33+/m1/s1. The SMILES string of the molecule is C#CCN(CC)C(C)(C)CNC(=O)CCOCc1ccc(Cc2cc([C@@H]3O[C@H](SCC)CC[C@H]3O)ccc2C)cc1. The number of hydrogen-bond donors (Lipinski definition) is 2. The van der Waals surface area contributed by atoms with E-state index >= 15 is 0 Å². The van der Waals surface area contributed by atoms with Crippen molar-refractivity contribution in [2.24, 2.45) is 0 Å². The Morgan fingerprint density at radius 2 is 1.93 bits per heavy atom. The molecule has 1 saturated heterocycles. The molecule has 6 nitrogen and oxygen atoms in total. The van der Waals surface area contributed by atoms with Crippen LogP contribution in [0, 0.1) is 19.3 Å². The van der Waals surface area contributed by atoms with Crippen LogP contribution in [0.3, 0.4) is 0 Å². The lowest BCUT2D eigenvalue weighted by molar-refractivity contribution is -0.122. The summed E-state index contributed by atoms with van der Waals surface area (Å²) in [5, 5.41) is 13.7. The average molecular weight is 581 g/mol. The number of aryl methyl sites for hydroxylation is 1. The molecule has 1 amide bonds. The number of thioether (sulfide) groups is 1. The van der Waals surface area contributed by atoms with E-state index < -0.39 is 6.10 Å². The molecule has 0 saturated carbocycles. The predicted molar refractivity (Wildman–Crippen MR) is 169 cm³/mol. The van der Waals surface area contributed by atoms with Crippen molar-refractivity contribution >= 4 is 17.7 Å². The van der Waals surface area contributed by atoms with Crippen molar-refractivity contribution in [1.82, 2.24) is 10.2 Å². The van der Waals surface area contributed by atoms with Crippen molar-refractivity contribution in [3.05, 3.63) is 70.3 Å². The van der Waals surface area contributed by atoms with Crippen LogP contribution in [0.15, 0.2) is 42.5 Å². The van der Waals surface area contributed by atoms with Crippen LogP contribution in [0.5, 0.6) is 0 Å². The number of likely N-dealkylation sites (N-methyl/N-ethyl adjacent to an activating group) is 1. The Morgan fingerprint density at radius 3 is 2.61 bits per heavy atom. The molecule has 1 fully saturated rings. The van der Waals surface area contributed by atoms with Gasteiger partial charge in [-0.25, -0.2) is 0 Å². The number of nitrogens with one attached hydrogen (secondary N) is 1. The molecule has 41 heavy (non-hydrogen) atoms. The quantitative estimate of drug-likeness (QED) is 0.210. The number of ether oxygens (including phenoxy) is 2. The van der Waals surface area contributed by atoms with Gasteiger partial charge in [0.05, 0.1) is 25.9 Å². The van der Waals surface area contributed by atoms with Gasteiger partial charge in [0.1, 0.15) is 11.5 Å². The molecule has 0 aliphatic carbocycles. The van der Waals surface area contributed by atoms with Crippen molar-refractivity contribution in [1.29, 1.82) is 0 Å². The van der Waals surface area contributed by atoms with E-state index in [-0.39, 0.29) is 23.0 Å². The van der Waals surface area contributed by atoms with Gasteiger partial charge in [0.25, 0.3) is 0 Å². The van der Waals surface area contributed by atoms with Crippen LogP contribution >= 0.6 is 11.8 Å². The Morgan fingerprint density at radius 1 is 1.20 bits per heavy atom. The highest BCUT2D eigenvalue weighted by atomic mass is 32.2. The fraction of sp³-hybridized carbons (Fsp3) is 0.559. The maximum atomic E-state index is 12.3. The maximum absolute atomic E-state index is 12.3. The Bertz CT molecular complexity index is 1140. The number of carbonyl (C=O) groups excluding carboxylic acids is 1. The maximum Gasteiger partial charge on any atom is 0.222 e. The van der Waals surface area contributed by atoms with Gasteiger partial charge in [-0.2, -0.15) is 0 Å². The van der Waals surface area contributed by atoms with E-state index in [0.717, 1.165) is 42.7 Å². The van der Waals surface area contributed by atoms with Crippen LogP contribution in [0.2, 0.25) is 0 Å². The largest absolute Gasteiger partial charge is 0.390 e. The molecule has 1 aliphatic heterocycles. The van der Waals surface area contributed by atoms with E-state index in [1.165, 1.54) is 16.7 Å². The molecule has 0 aromatic heterocycles. The first-order valence-corrected chi connectivity index (χ1v) is 15.9. The average Bonchev–Trinajstić information content (AvgIpc) is 2.96. The molecule has 1 aliphatic rings. The molecule has 2 aromatic carbocycles. The second-order valence-corrected chi connectivity index (χ2v) is 12.8. The monoisotopic (exact) mass is 580 g/mol. The van der Waals surface area contributed by atoms with Crippen molar-refractivity contribution in [3.63, 3.8) is 0 Å². The summed E-state index contributed by atoms with van der Waals surface area (Å²) in [4.78, 5) is 14.5. The Labute approximate surface area is 251 Å². The van der Waals surface area contributed by atoms with Crippen LogP contribution in [0.1, 0.15) is 80.9 Å². The summed E-state index contributed by atoms with van der Waals surface area (Å²) >= 11 is 1.81. The second kappa shape index (κ2) is 16.3. The van der Waals surface area contributed by atoms with Gasteiger partial charge in [-0.1, -0.05) is 62.2 Å². The Balaban J connectivity index is 1.46. The third-order valence-electron chi connectivity index (χ3n) is 7.80. The van der Waals surface area contributed by atoms with Gasteiger partial charge in [-0.3, -0.25) is 9.69 Å². The van der Waals surface area contributed by atoms with Crippen molar-refractivity contribution < 1.29 is 19.4 Å². The summed E-state index contributed by atoms with van der Waals surface area (Å²) in [6, 6.07) is 14.9. The van der Waals surface area contributed by atoms with Gasteiger partial charge < -0.3 is 19.9 Å². The van der Waals surface area contributed by atoms with Gasteiger partial charge in [0.15, 0.2) is 0 Å². The van der Waals surface area contributed by atoms with E-state index in [1.807, 2.05) is 11.8 Å².